The van der Waals surface area contributed by atoms with Gasteiger partial charge in [0.25, 0.3) is 0 Å². The van der Waals surface area contributed by atoms with E-state index in [9.17, 15) is 0 Å². The van der Waals surface area contributed by atoms with Crippen LogP contribution in [0.4, 0.5) is 0 Å². The molecule has 32 heavy (non-hydrogen) atoms. The molecule has 0 amide bonds. The van der Waals surface area contributed by atoms with Crippen molar-refractivity contribution >= 4 is 37.1 Å². The van der Waals surface area contributed by atoms with Crippen LogP contribution in [-0.4, -0.2) is 29.9 Å². The van der Waals surface area contributed by atoms with E-state index in [0.717, 1.165) is 6.29 Å². The van der Waals surface area contributed by atoms with Gasteiger partial charge in [-0.3, -0.25) is 4.90 Å². The van der Waals surface area contributed by atoms with Gasteiger partial charge in [0.1, 0.15) is 0 Å². The zero-order valence-corrected chi connectivity index (χ0v) is 20.1. The zero-order chi connectivity index (χ0) is 21.6. The van der Waals surface area contributed by atoms with Crippen LogP contribution in [0.15, 0.2) is 121 Å². The molecule has 0 saturated carbocycles. The smallest absolute Gasteiger partial charge is 0.0265 e. The highest BCUT2D eigenvalue weighted by molar-refractivity contribution is 7.74. The third-order valence-electron chi connectivity index (χ3n) is 6.16. The Hall–Kier alpha value is -2.30. The Bertz CT molecular complexity index is 1010. The predicted molar refractivity (Wildman–Crippen MR) is 143 cm³/mol. The summed E-state index contributed by atoms with van der Waals surface area (Å²) in [5.41, 5.74) is 0.707. The first-order valence-corrected chi connectivity index (χ1v) is 14.3. The van der Waals surface area contributed by atoms with E-state index >= 15 is 0 Å². The average Bonchev–Trinajstić information content (AvgIpc) is 3.33. The predicted octanol–water partition coefficient (Wildman–Crippen LogP) is 5.28. The summed E-state index contributed by atoms with van der Waals surface area (Å²) in [6.45, 7) is 2.38. The lowest BCUT2D eigenvalue weighted by Crippen LogP contribution is -2.29. The average molecular weight is 454 g/mol. The Balaban J connectivity index is 1.38. The largest absolute Gasteiger partial charge is 0.298 e. The highest BCUT2D eigenvalue weighted by atomic mass is 31.1. The monoisotopic (exact) mass is 453 g/mol. The van der Waals surface area contributed by atoms with Gasteiger partial charge in [0, 0.05) is 18.5 Å². The van der Waals surface area contributed by atoms with Gasteiger partial charge in [0.15, 0.2) is 0 Å². The van der Waals surface area contributed by atoms with Gasteiger partial charge < -0.3 is 0 Å². The lowest BCUT2D eigenvalue weighted by atomic mass is 10.3. The number of benzene rings is 4. The molecule has 3 heteroatoms. The Morgan fingerprint density at radius 1 is 0.562 bits per heavy atom. The van der Waals surface area contributed by atoms with Gasteiger partial charge in [-0.25, -0.2) is 0 Å². The molecule has 0 spiro atoms. The second-order valence-corrected chi connectivity index (χ2v) is 13.0. The van der Waals surface area contributed by atoms with Gasteiger partial charge >= 0.3 is 0 Å². The van der Waals surface area contributed by atoms with Crippen LogP contribution >= 0.6 is 15.8 Å². The molecule has 1 saturated heterocycles. The molecule has 4 aromatic carbocycles. The molecule has 160 valence electrons. The number of hydrogen-bond donors (Lipinski definition) is 0. The molecule has 0 radical (unpaired) electrons. The SMILES string of the molecule is c1ccc(P(CN2CCC(P(c3ccccc3)c3ccccc3)C2)c2ccccc2)cc1. The number of hydrogen-bond acceptors (Lipinski definition) is 1. The maximum Gasteiger partial charge on any atom is 0.0265 e. The minimum Gasteiger partial charge on any atom is -0.298 e. The zero-order valence-electron chi connectivity index (χ0n) is 18.3. The van der Waals surface area contributed by atoms with Gasteiger partial charge in [-0.15, -0.1) is 0 Å². The normalized spacial score (nSPS) is 16.6. The molecule has 1 nitrogen and oxygen atoms in total. The maximum atomic E-state index is 2.73. The lowest BCUT2D eigenvalue weighted by molar-refractivity contribution is 0.399. The van der Waals surface area contributed by atoms with Gasteiger partial charge in [0.2, 0.25) is 0 Å². The van der Waals surface area contributed by atoms with Gasteiger partial charge in [0.05, 0.1) is 0 Å². The van der Waals surface area contributed by atoms with E-state index in [2.05, 4.69) is 126 Å². The van der Waals surface area contributed by atoms with E-state index in [0.29, 0.717) is 5.66 Å². The number of nitrogens with zero attached hydrogens (tertiary/aromatic N) is 1. The summed E-state index contributed by atoms with van der Waals surface area (Å²) in [4.78, 5) is 2.73. The molecule has 1 fully saturated rings. The summed E-state index contributed by atoms with van der Waals surface area (Å²) in [5, 5.41) is 5.97. The van der Waals surface area contributed by atoms with Gasteiger partial charge in [-0.1, -0.05) is 121 Å². The highest BCUT2D eigenvalue weighted by Crippen LogP contribution is 2.45. The van der Waals surface area contributed by atoms with Crippen molar-refractivity contribution in [1.82, 2.24) is 4.90 Å². The molecule has 0 aliphatic carbocycles. The van der Waals surface area contributed by atoms with Gasteiger partial charge in [-0.2, -0.15) is 0 Å². The van der Waals surface area contributed by atoms with Crippen LogP contribution in [0, 0.1) is 0 Å². The summed E-state index contributed by atoms with van der Waals surface area (Å²) in [7, 11) is -0.722. The molecule has 0 N–H and O–H groups in total. The van der Waals surface area contributed by atoms with Crippen molar-refractivity contribution in [2.75, 3.05) is 19.4 Å². The Morgan fingerprint density at radius 3 is 1.41 bits per heavy atom. The topological polar surface area (TPSA) is 3.24 Å². The van der Waals surface area contributed by atoms with E-state index in [1.54, 1.807) is 0 Å². The molecule has 1 atom stereocenters. The van der Waals surface area contributed by atoms with Crippen molar-refractivity contribution in [2.24, 2.45) is 0 Å². The molecule has 1 heterocycles. The molecule has 5 rings (SSSR count). The molecule has 0 bridgehead atoms. The third kappa shape index (κ3) is 5.02. The first-order chi connectivity index (χ1) is 15.9. The van der Waals surface area contributed by atoms with Crippen LogP contribution in [0.3, 0.4) is 0 Å². The van der Waals surface area contributed by atoms with Crippen molar-refractivity contribution in [3.8, 4) is 0 Å². The van der Waals surface area contributed by atoms with Crippen molar-refractivity contribution in [3.05, 3.63) is 121 Å². The molecule has 4 aromatic rings. The van der Waals surface area contributed by atoms with Crippen LogP contribution in [-0.2, 0) is 0 Å². The summed E-state index contributed by atoms with van der Waals surface area (Å²) < 4.78 is 0. The summed E-state index contributed by atoms with van der Waals surface area (Å²) >= 11 is 0. The second-order valence-electron chi connectivity index (χ2n) is 8.30. The standard InChI is InChI=1S/C29H29NP2/c1-5-13-25(14-6-1)31(26-15-7-2-8-16-26)24-30-22-21-29(23-30)32(27-17-9-3-10-18-27)28-19-11-4-12-20-28/h1-20,29H,21-24H2. The summed E-state index contributed by atoms with van der Waals surface area (Å²) in [6.07, 6.45) is 2.43. The summed E-state index contributed by atoms with van der Waals surface area (Å²) in [6, 6.07) is 44.6. The summed E-state index contributed by atoms with van der Waals surface area (Å²) in [5.74, 6) is 0. The minimum absolute atomic E-state index is 0.347. The minimum atomic E-state index is -0.376. The van der Waals surface area contributed by atoms with Crippen LogP contribution in [0.5, 0.6) is 0 Å². The Morgan fingerprint density at radius 2 is 0.969 bits per heavy atom. The fourth-order valence-corrected chi connectivity index (χ4v) is 9.87. The molecule has 0 aromatic heterocycles. The first kappa shape index (κ1) is 21.5. The molecular formula is C29H29NP2. The van der Waals surface area contributed by atoms with E-state index in [1.165, 1.54) is 40.7 Å². The fraction of sp³-hybridized carbons (Fsp3) is 0.172. The Labute approximate surface area is 194 Å². The maximum absolute atomic E-state index is 2.73. The van der Waals surface area contributed by atoms with Crippen LogP contribution < -0.4 is 21.2 Å². The second kappa shape index (κ2) is 10.5. The van der Waals surface area contributed by atoms with Crippen LogP contribution in [0.2, 0.25) is 0 Å². The van der Waals surface area contributed by atoms with E-state index in [1.807, 2.05) is 0 Å². The van der Waals surface area contributed by atoms with E-state index < -0.39 is 0 Å². The van der Waals surface area contributed by atoms with Crippen LogP contribution in [0.1, 0.15) is 6.42 Å². The van der Waals surface area contributed by atoms with E-state index in [4.69, 9.17) is 0 Å². The van der Waals surface area contributed by atoms with Crippen molar-refractivity contribution < 1.29 is 0 Å². The van der Waals surface area contributed by atoms with Crippen molar-refractivity contribution in [3.63, 3.8) is 0 Å². The van der Waals surface area contributed by atoms with Crippen molar-refractivity contribution in [1.29, 1.82) is 0 Å². The van der Waals surface area contributed by atoms with Gasteiger partial charge in [-0.05, 0) is 50.0 Å². The quantitative estimate of drug-likeness (QED) is 0.344. The molecular weight excluding hydrogens is 424 g/mol. The fourth-order valence-electron chi connectivity index (χ4n) is 4.63. The molecule has 1 aliphatic rings. The number of rotatable bonds is 7. The third-order valence-corrected chi connectivity index (χ3v) is 11.5. The van der Waals surface area contributed by atoms with Crippen LogP contribution in [0.25, 0.3) is 0 Å². The van der Waals surface area contributed by atoms with E-state index in [-0.39, 0.29) is 15.8 Å². The molecule has 1 aliphatic heterocycles. The highest BCUT2D eigenvalue weighted by Gasteiger charge is 2.32. The number of likely N-dealkylation sites (tertiary alicyclic amines) is 1. The van der Waals surface area contributed by atoms with Crippen molar-refractivity contribution in [2.45, 2.75) is 12.1 Å². The molecule has 1 unspecified atom stereocenters. The first-order valence-electron chi connectivity index (χ1n) is 11.4. The lowest BCUT2D eigenvalue weighted by Gasteiger charge is -2.28. The Kier molecular flexibility index (Phi) is 7.10.